The molecule has 1 saturated heterocycles. The van der Waals surface area contributed by atoms with Gasteiger partial charge in [0.1, 0.15) is 0 Å². The van der Waals surface area contributed by atoms with Gasteiger partial charge < -0.3 is 5.73 Å². The lowest BCUT2D eigenvalue weighted by atomic mass is 10.1. The first kappa shape index (κ1) is 13.9. The molecule has 0 saturated carbocycles. The van der Waals surface area contributed by atoms with Crippen LogP contribution in [0.5, 0.6) is 0 Å². The predicted molar refractivity (Wildman–Crippen MR) is 65.2 cm³/mol. The van der Waals surface area contributed by atoms with Gasteiger partial charge in [0, 0.05) is 26.7 Å². The molecule has 5 nitrogen and oxygen atoms in total. The molecule has 1 unspecified atom stereocenters. The monoisotopic (exact) mass is 249 g/mol. The standard InChI is InChI=1S/C10H23N3O2S/c1-3-4-6-12(2)16(14,15)13-7-5-10(8-11)9-13/h10H,3-9,11H2,1-2H3. The summed E-state index contributed by atoms with van der Waals surface area (Å²) in [5, 5.41) is 0. The van der Waals surface area contributed by atoms with Crippen LogP contribution in [0.15, 0.2) is 0 Å². The maximum atomic E-state index is 12.1. The van der Waals surface area contributed by atoms with Crippen LogP contribution in [0.25, 0.3) is 0 Å². The van der Waals surface area contributed by atoms with E-state index in [2.05, 4.69) is 6.92 Å². The second-order valence-electron chi connectivity index (χ2n) is 4.43. The molecule has 0 amide bonds. The van der Waals surface area contributed by atoms with Crippen molar-refractivity contribution in [1.82, 2.24) is 8.61 Å². The molecule has 1 heterocycles. The van der Waals surface area contributed by atoms with Crippen molar-refractivity contribution < 1.29 is 8.42 Å². The van der Waals surface area contributed by atoms with Crippen molar-refractivity contribution >= 4 is 10.2 Å². The molecule has 2 N–H and O–H groups in total. The van der Waals surface area contributed by atoms with Gasteiger partial charge in [0.15, 0.2) is 0 Å². The molecule has 0 aromatic rings. The van der Waals surface area contributed by atoms with Crippen molar-refractivity contribution in [3.05, 3.63) is 0 Å². The number of hydrogen-bond donors (Lipinski definition) is 1. The quantitative estimate of drug-likeness (QED) is 0.733. The zero-order valence-electron chi connectivity index (χ0n) is 10.2. The highest BCUT2D eigenvalue weighted by Gasteiger charge is 2.32. The van der Waals surface area contributed by atoms with Gasteiger partial charge in [-0.3, -0.25) is 0 Å². The molecule has 16 heavy (non-hydrogen) atoms. The van der Waals surface area contributed by atoms with Crippen molar-refractivity contribution in [2.24, 2.45) is 11.7 Å². The van der Waals surface area contributed by atoms with Gasteiger partial charge in [-0.05, 0) is 25.3 Å². The molecular weight excluding hydrogens is 226 g/mol. The lowest BCUT2D eigenvalue weighted by Crippen LogP contribution is -2.41. The maximum absolute atomic E-state index is 12.1. The third-order valence-electron chi connectivity index (χ3n) is 3.13. The third kappa shape index (κ3) is 3.16. The Labute approximate surface area is 98.8 Å². The fourth-order valence-corrected chi connectivity index (χ4v) is 3.38. The summed E-state index contributed by atoms with van der Waals surface area (Å²) in [6, 6.07) is 0. The minimum atomic E-state index is -3.24. The summed E-state index contributed by atoms with van der Waals surface area (Å²) < 4.78 is 27.2. The summed E-state index contributed by atoms with van der Waals surface area (Å²) in [5.41, 5.74) is 5.56. The number of rotatable bonds is 6. The van der Waals surface area contributed by atoms with Gasteiger partial charge in [-0.25, -0.2) is 0 Å². The normalized spacial score (nSPS) is 23.1. The summed E-state index contributed by atoms with van der Waals surface area (Å²) in [6.07, 6.45) is 2.80. The molecular formula is C10H23N3O2S. The van der Waals surface area contributed by atoms with Crippen LogP contribution in [0.4, 0.5) is 0 Å². The fourth-order valence-electron chi connectivity index (χ4n) is 1.89. The van der Waals surface area contributed by atoms with Crippen molar-refractivity contribution in [3.63, 3.8) is 0 Å². The number of nitrogens with two attached hydrogens (primary N) is 1. The minimum Gasteiger partial charge on any atom is -0.330 e. The number of unbranched alkanes of at least 4 members (excludes halogenated alkanes) is 1. The zero-order valence-corrected chi connectivity index (χ0v) is 11.0. The fraction of sp³-hybridized carbons (Fsp3) is 1.00. The molecule has 0 spiro atoms. The molecule has 1 rings (SSSR count). The summed E-state index contributed by atoms with van der Waals surface area (Å²) in [6.45, 7) is 4.42. The highest BCUT2D eigenvalue weighted by Crippen LogP contribution is 2.20. The Kier molecular flexibility index (Phi) is 5.17. The van der Waals surface area contributed by atoms with Gasteiger partial charge >= 0.3 is 0 Å². The second-order valence-corrected chi connectivity index (χ2v) is 6.47. The van der Waals surface area contributed by atoms with E-state index in [0.717, 1.165) is 19.3 Å². The van der Waals surface area contributed by atoms with Crippen LogP contribution in [-0.4, -0.2) is 50.3 Å². The summed E-state index contributed by atoms with van der Waals surface area (Å²) >= 11 is 0. The van der Waals surface area contributed by atoms with E-state index in [9.17, 15) is 8.42 Å². The first-order valence-electron chi connectivity index (χ1n) is 5.93. The van der Waals surface area contributed by atoms with Gasteiger partial charge in [0.25, 0.3) is 10.2 Å². The Morgan fingerprint density at radius 1 is 1.50 bits per heavy atom. The van der Waals surface area contributed by atoms with Crippen molar-refractivity contribution in [1.29, 1.82) is 0 Å². The average molecular weight is 249 g/mol. The van der Waals surface area contributed by atoms with Crippen LogP contribution < -0.4 is 5.73 Å². The largest absolute Gasteiger partial charge is 0.330 e. The average Bonchev–Trinajstić information content (AvgIpc) is 2.74. The van der Waals surface area contributed by atoms with Gasteiger partial charge in [-0.15, -0.1) is 0 Å². The molecule has 1 fully saturated rings. The van der Waals surface area contributed by atoms with E-state index in [1.807, 2.05) is 0 Å². The van der Waals surface area contributed by atoms with Crippen LogP contribution >= 0.6 is 0 Å². The highest BCUT2D eigenvalue weighted by molar-refractivity contribution is 7.86. The predicted octanol–water partition coefficient (Wildman–Crippen LogP) is 0.244. The van der Waals surface area contributed by atoms with Gasteiger partial charge in [0.2, 0.25) is 0 Å². The summed E-state index contributed by atoms with van der Waals surface area (Å²) in [5.74, 6) is 0.328. The molecule has 1 aliphatic heterocycles. The first-order valence-corrected chi connectivity index (χ1v) is 7.33. The zero-order chi connectivity index (χ0) is 12.2. The van der Waals surface area contributed by atoms with E-state index in [1.165, 1.54) is 4.31 Å². The second kappa shape index (κ2) is 5.95. The topological polar surface area (TPSA) is 66.6 Å². The van der Waals surface area contributed by atoms with E-state index < -0.39 is 10.2 Å². The molecule has 1 atom stereocenters. The van der Waals surface area contributed by atoms with Gasteiger partial charge in [0.05, 0.1) is 0 Å². The molecule has 6 heteroatoms. The SMILES string of the molecule is CCCCN(C)S(=O)(=O)N1CCC(CN)C1. The summed E-state index contributed by atoms with van der Waals surface area (Å²) in [4.78, 5) is 0. The van der Waals surface area contributed by atoms with Gasteiger partial charge in [-0.1, -0.05) is 13.3 Å². The molecule has 0 bridgehead atoms. The Bertz CT molecular complexity index is 305. The molecule has 0 aromatic carbocycles. The Balaban J connectivity index is 2.57. The van der Waals surface area contributed by atoms with E-state index >= 15 is 0 Å². The smallest absolute Gasteiger partial charge is 0.281 e. The summed E-state index contributed by atoms with van der Waals surface area (Å²) in [7, 11) is -1.59. The molecule has 0 radical (unpaired) electrons. The van der Waals surface area contributed by atoms with E-state index in [1.54, 1.807) is 11.4 Å². The lowest BCUT2D eigenvalue weighted by molar-refractivity contribution is 0.383. The molecule has 0 aromatic heterocycles. The Morgan fingerprint density at radius 2 is 2.19 bits per heavy atom. The van der Waals surface area contributed by atoms with E-state index in [0.29, 0.717) is 32.1 Å². The maximum Gasteiger partial charge on any atom is 0.281 e. The van der Waals surface area contributed by atoms with Crippen molar-refractivity contribution in [2.45, 2.75) is 26.2 Å². The molecule has 1 aliphatic rings. The molecule has 96 valence electrons. The van der Waals surface area contributed by atoms with Crippen LogP contribution in [0.3, 0.4) is 0 Å². The van der Waals surface area contributed by atoms with Crippen LogP contribution in [0.1, 0.15) is 26.2 Å². The van der Waals surface area contributed by atoms with E-state index in [-0.39, 0.29) is 0 Å². The first-order chi connectivity index (χ1) is 7.52. The highest BCUT2D eigenvalue weighted by atomic mass is 32.2. The van der Waals surface area contributed by atoms with Crippen LogP contribution in [0, 0.1) is 5.92 Å². The molecule has 0 aliphatic carbocycles. The Hall–Kier alpha value is -0.170. The Morgan fingerprint density at radius 3 is 2.69 bits per heavy atom. The lowest BCUT2D eigenvalue weighted by Gasteiger charge is -2.23. The van der Waals surface area contributed by atoms with Crippen molar-refractivity contribution in [3.8, 4) is 0 Å². The number of nitrogens with zero attached hydrogens (tertiary/aromatic N) is 2. The van der Waals surface area contributed by atoms with Crippen LogP contribution in [-0.2, 0) is 10.2 Å². The van der Waals surface area contributed by atoms with Gasteiger partial charge in [-0.2, -0.15) is 17.0 Å². The number of hydrogen-bond acceptors (Lipinski definition) is 3. The van der Waals surface area contributed by atoms with Crippen LogP contribution in [0.2, 0.25) is 0 Å². The minimum absolute atomic E-state index is 0.328. The van der Waals surface area contributed by atoms with Crippen molar-refractivity contribution in [2.75, 3.05) is 33.2 Å². The van der Waals surface area contributed by atoms with E-state index in [4.69, 9.17) is 5.73 Å². The third-order valence-corrected chi connectivity index (χ3v) is 5.08.